The van der Waals surface area contributed by atoms with Gasteiger partial charge >= 0.3 is 0 Å². The van der Waals surface area contributed by atoms with Crippen LogP contribution in [0.25, 0.3) is 6.08 Å². The predicted octanol–water partition coefficient (Wildman–Crippen LogP) is 1.74. The SMILES string of the molecule is OC/C=C/c1ccnc(Cl)c1. The molecule has 0 aliphatic carbocycles. The Labute approximate surface area is 70.2 Å². The van der Waals surface area contributed by atoms with Gasteiger partial charge in [0.05, 0.1) is 6.61 Å². The molecular weight excluding hydrogens is 162 g/mol. The van der Waals surface area contributed by atoms with Crippen LogP contribution in [0.1, 0.15) is 5.56 Å². The number of pyridine rings is 1. The number of hydrogen-bond acceptors (Lipinski definition) is 2. The number of halogens is 1. The van der Waals surface area contributed by atoms with Crippen molar-refractivity contribution in [1.29, 1.82) is 0 Å². The van der Waals surface area contributed by atoms with Crippen molar-refractivity contribution in [2.24, 2.45) is 0 Å². The van der Waals surface area contributed by atoms with Crippen molar-refractivity contribution >= 4 is 17.7 Å². The van der Waals surface area contributed by atoms with Crippen LogP contribution < -0.4 is 0 Å². The zero-order valence-corrected chi connectivity index (χ0v) is 6.62. The molecule has 1 heterocycles. The largest absolute Gasteiger partial charge is 0.392 e. The summed E-state index contributed by atoms with van der Waals surface area (Å²) in [6, 6.07) is 3.55. The number of hydrogen-bond donors (Lipinski definition) is 1. The molecule has 3 heteroatoms. The first-order valence-electron chi connectivity index (χ1n) is 3.22. The third-order valence-corrected chi connectivity index (χ3v) is 1.37. The summed E-state index contributed by atoms with van der Waals surface area (Å²) in [5, 5.41) is 8.92. The number of nitrogens with zero attached hydrogens (tertiary/aromatic N) is 1. The zero-order chi connectivity index (χ0) is 8.10. The Morgan fingerprint density at radius 3 is 3.09 bits per heavy atom. The second-order valence-electron chi connectivity index (χ2n) is 2.00. The molecule has 0 saturated carbocycles. The molecule has 0 atom stereocenters. The molecule has 0 fully saturated rings. The van der Waals surface area contributed by atoms with Crippen LogP contribution in [0.2, 0.25) is 5.15 Å². The summed E-state index contributed by atoms with van der Waals surface area (Å²) >= 11 is 5.62. The van der Waals surface area contributed by atoms with E-state index < -0.39 is 0 Å². The maximum Gasteiger partial charge on any atom is 0.129 e. The smallest absolute Gasteiger partial charge is 0.129 e. The van der Waals surface area contributed by atoms with E-state index >= 15 is 0 Å². The van der Waals surface area contributed by atoms with Crippen LogP contribution in [0, 0.1) is 0 Å². The molecule has 0 amide bonds. The quantitative estimate of drug-likeness (QED) is 0.685. The first kappa shape index (κ1) is 8.24. The molecule has 0 radical (unpaired) electrons. The monoisotopic (exact) mass is 169 g/mol. The van der Waals surface area contributed by atoms with E-state index in [4.69, 9.17) is 16.7 Å². The molecule has 0 aromatic carbocycles. The van der Waals surface area contributed by atoms with Crippen LogP contribution in [-0.4, -0.2) is 16.7 Å². The molecule has 0 aliphatic heterocycles. The lowest BCUT2D eigenvalue weighted by atomic mass is 10.2. The van der Waals surface area contributed by atoms with E-state index in [-0.39, 0.29) is 6.61 Å². The minimum atomic E-state index is 0.0416. The van der Waals surface area contributed by atoms with Crippen molar-refractivity contribution in [2.75, 3.05) is 6.61 Å². The van der Waals surface area contributed by atoms with E-state index in [2.05, 4.69) is 4.98 Å². The van der Waals surface area contributed by atoms with Crippen LogP contribution in [-0.2, 0) is 0 Å². The average Bonchev–Trinajstić information content (AvgIpc) is 2.01. The second kappa shape index (κ2) is 4.11. The fraction of sp³-hybridized carbons (Fsp3) is 0.125. The Morgan fingerprint density at radius 2 is 2.45 bits per heavy atom. The maximum absolute atomic E-state index is 8.46. The highest BCUT2D eigenvalue weighted by Crippen LogP contribution is 2.07. The van der Waals surface area contributed by atoms with Gasteiger partial charge in [-0.05, 0) is 17.7 Å². The molecule has 0 unspecified atom stereocenters. The molecule has 1 aromatic rings. The molecule has 0 saturated heterocycles. The van der Waals surface area contributed by atoms with E-state index in [1.54, 1.807) is 24.4 Å². The van der Waals surface area contributed by atoms with Crippen LogP contribution >= 0.6 is 11.6 Å². The van der Waals surface area contributed by atoms with E-state index in [1.807, 2.05) is 6.07 Å². The highest BCUT2D eigenvalue weighted by Gasteiger charge is 1.88. The van der Waals surface area contributed by atoms with Gasteiger partial charge < -0.3 is 5.11 Å². The van der Waals surface area contributed by atoms with E-state index in [9.17, 15) is 0 Å². The molecule has 0 bridgehead atoms. The standard InChI is InChI=1S/C8H8ClNO/c9-8-6-7(2-1-5-11)3-4-10-8/h1-4,6,11H,5H2/b2-1+. The minimum Gasteiger partial charge on any atom is -0.392 e. The first-order valence-corrected chi connectivity index (χ1v) is 3.59. The predicted molar refractivity (Wildman–Crippen MR) is 45.4 cm³/mol. The Kier molecular flexibility index (Phi) is 3.08. The Balaban J connectivity index is 2.79. The summed E-state index contributed by atoms with van der Waals surface area (Å²) in [6.07, 6.45) is 5.05. The molecule has 58 valence electrons. The van der Waals surface area contributed by atoms with Crippen molar-refractivity contribution in [3.63, 3.8) is 0 Å². The van der Waals surface area contributed by atoms with Crippen LogP contribution in [0.4, 0.5) is 0 Å². The van der Waals surface area contributed by atoms with Crippen molar-refractivity contribution < 1.29 is 5.11 Å². The summed E-state index contributed by atoms with van der Waals surface area (Å²) in [7, 11) is 0. The highest BCUT2D eigenvalue weighted by atomic mass is 35.5. The number of aromatic nitrogens is 1. The van der Waals surface area contributed by atoms with Gasteiger partial charge in [-0.1, -0.05) is 23.8 Å². The van der Waals surface area contributed by atoms with Crippen LogP contribution in [0.5, 0.6) is 0 Å². The van der Waals surface area contributed by atoms with Crippen LogP contribution in [0.3, 0.4) is 0 Å². The van der Waals surface area contributed by atoms with Gasteiger partial charge in [-0.25, -0.2) is 4.98 Å². The number of aliphatic hydroxyl groups is 1. The lowest BCUT2D eigenvalue weighted by Crippen LogP contribution is -1.77. The average molecular weight is 170 g/mol. The normalized spacial score (nSPS) is 10.7. The summed E-state index contributed by atoms with van der Waals surface area (Å²) in [5.41, 5.74) is 0.944. The molecule has 2 nitrogen and oxygen atoms in total. The van der Waals surface area contributed by atoms with E-state index in [1.165, 1.54) is 0 Å². The van der Waals surface area contributed by atoms with Crippen molar-refractivity contribution in [2.45, 2.75) is 0 Å². The molecule has 0 aliphatic rings. The Hall–Kier alpha value is -0.860. The third kappa shape index (κ3) is 2.70. The molecular formula is C8H8ClNO. The molecule has 1 N–H and O–H groups in total. The van der Waals surface area contributed by atoms with Crippen molar-refractivity contribution in [1.82, 2.24) is 4.98 Å². The lowest BCUT2D eigenvalue weighted by Gasteiger charge is -1.91. The van der Waals surface area contributed by atoms with Gasteiger partial charge in [0, 0.05) is 6.20 Å². The highest BCUT2D eigenvalue weighted by molar-refractivity contribution is 6.29. The second-order valence-corrected chi connectivity index (χ2v) is 2.38. The van der Waals surface area contributed by atoms with Gasteiger partial charge in [0.1, 0.15) is 5.15 Å². The summed E-state index contributed by atoms with van der Waals surface area (Å²) in [6.45, 7) is 0.0416. The molecule has 1 rings (SSSR count). The summed E-state index contributed by atoms with van der Waals surface area (Å²) in [4.78, 5) is 3.82. The summed E-state index contributed by atoms with van der Waals surface area (Å²) in [5.74, 6) is 0. The van der Waals surface area contributed by atoms with Crippen molar-refractivity contribution in [3.05, 3.63) is 35.1 Å². The zero-order valence-electron chi connectivity index (χ0n) is 5.87. The van der Waals surface area contributed by atoms with Gasteiger partial charge in [-0.15, -0.1) is 0 Å². The Morgan fingerprint density at radius 1 is 1.64 bits per heavy atom. The topological polar surface area (TPSA) is 33.1 Å². The van der Waals surface area contributed by atoms with Gasteiger partial charge in [-0.3, -0.25) is 0 Å². The maximum atomic E-state index is 8.46. The van der Waals surface area contributed by atoms with Gasteiger partial charge in [-0.2, -0.15) is 0 Å². The molecule has 1 aromatic heterocycles. The van der Waals surface area contributed by atoms with Crippen molar-refractivity contribution in [3.8, 4) is 0 Å². The molecule has 0 spiro atoms. The lowest BCUT2D eigenvalue weighted by molar-refractivity contribution is 0.343. The summed E-state index contributed by atoms with van der Waals surface area (Å²) < 4.78 is 0. The van der Waals surface area contributed by atoms with E-state index in [0.29, 0.717) is 5.15 Å². The molecule has 11 heavy (non-hydrogen) atoms. The minimum absolute atomic E-state index is 0.0416. The Bertz CT molecular complexity index is 260. The third-order valence-electron chi connectivity index (χ3n) is 1.17. The number of rotatable bonds is 2. The number of aliphatic hydroxyl groups excluding tert-OH is 1. The van der Waals surface area contributed by atoms with Crippen LogP contribution in [0.15, 0.2) is 24.4 Å². The van der Waals surface area contributed by atoms with Gasteiger partial charge in [0.2, 0.25) is 0 Å². The van der Waals surface area contributed by atoms with Gasteiger partial charge in [0.25, 0.3) is 0 Å². The fourth-order valence-corrected chi connectivity index (χ4v) is 0.892. The van der Waals surface area contributed by atoms with E-state index in [0.717, 1.165) is 5.56 Å². The first-order chi connectivity index (χ1) is 5.33. The fourth-order valence-electron chi connectivity index (χ4n) is 0.710. The van der Waals surface area contributed by atoms with Gasteiger partial charge in [0.15, 0.2) is 0 Å².